The number of hydrogen-bond donors (Lipinski definition) is 2. The summed E-state index contributed by atoms with van der Waals surface area (Å²) < 4.78 is 37.1. The SMILES string of the molecule is CC(C)N(CC(CO)NC1CC1)CC(F)(F)F. The van der Waals surface area contributed by atoms with Crippen LogP contribution in [0.25, 0.3) is 0 Å². The average molecular weight is 254 g/mol. The Balaban J connectivity index is 2.45. The molecule has 0 aromatic rings. The maximum Gasteiger partial charge on any atom is 0.401 e. The van der Waals surface area contributed by atoms with Crippen LogP contribution in [0.3, 0.4) is 0 Å². The number of halogens is 3. The van der Waals surface area contributed by atoms with Crippen LogP contribution in [0.5, 0.6) is 0 Å². The Bertz CT molecular complexity index is 229. The minimum absolute atomic E-state index is 0.127. The monoisotopic (exact) mass is 254 g/mol. The Hall–Kier alpha value is -0.330. The number of hydrogen-bond acceptors (Lipinski definition) is 3. The van der Waals surface area contributed by atoms with Crippen molar-refractivity contribution in [2.75, 3.05) is 19.7 Å². The molecule has 17 heavy (non-hydrogen) atoms. The minimum atomic E-state index is -4.19. The van der Waals surface area contributed by atoms with E-state index in [0.717, 1.165) is 12.8 Å². The largest absolute Gasteiger partial charge is 0.401 e. The third-order valence-corrected chi connectivity index (χ3v) is 2.84. The van der Waals surface area contributed by atoms with Crippen molar-refractivity contribution in [3.63, 3.8) is 0 Å². The fourth-order valence-corrected chi connectivity index (χ4v) is 1.72. The molecule has 0 aromatic heterocycles. The fourth-order valence-electron chi connectivity index (χ4n) is 1.72. The van der Waals surface area contributed by atoms with Gasteiger partial charge < -0.3 is 10.4 Å². The van der Waals surface area contributed by atoms with E-state index in [2.05, 4.69) is 5.32 Å². The number of rotatable bonds is 7. The molecule has 2 N–H and O–H groups in total. The van der Waals surface area contributed by atoms with Gasteiger partial charge in [0.25, 0.3) is 0 Å². The molecule has 102 valence electrons. The van der Waals surface area contributed by atoms with Gasteiger partial charge in [0.2, 0.25) is 0 Å². The molecule has 1 rings (SSSR count). The summed E-state index contributed by atoms with van der Waals surface area (Å²) in [5.41, 5.74) is 0. The van der Waals surface area contributed by atoms with Gasteiger partial charge in [-0.1, -0.05) is 0 Å². The number of nitrogens with one attached hydrogen (secondary N) is 1. The van der Waals surface area contributed by atoms with Crippen molar-refractivity contribution in [1.82, 2.24) is 10.2 Å². The van der Waals surface area contributed by atoms with E-state index in [1.54, 1.807) is 13.8 Å². The summed E-state index contributed by atoms with van der Waals surface area (Å²) in [4.78, 5) is 1.34. The summed E-state index contributed by atoms with van der Waals surface area (Å²) in [6, 6.07) is -0.0778. The molecule has 0 spiro atoms. The molecule has 1 atom stereocenters. The maximum absolute atomic E-state index is 12.4. The molecule has 0 heterocycles. The normalized spacial score (nSPS) is 19.1. The summed E-state index contributed by atoms with van der Waals surface area (Å²) >= 11 is 0. The molecule has 1 saturated carbocycles. The second-order valence-corrected chi connectivity index (χ2v) is 4.96. The van der Waals surface area contributed by atoms with Crippen molar-refractivity contribution >= 4 is 0 Å². The van der Waals surface area contributed by atoms with Crippen molar-refractivity contribution in [1.29, 1.82) is 0 Å². The van der Waals surface area contributed by atoms with Crippen LogP contribution >= 0.6 is 0 Å². The van der Waals surface area contributed by atoms with Gasteiger partial charge in [0, 0.05) is 24.7 Å². The first-order valence-electron chi connectivity index (χ1n) is 5.99. The second-order valence-electron chi connectivity index (χ2n) is 4.96. The molecule has 3 nitrogen and oxygen atoms in total. The first-order chi connectivity index (χ1) is 7.81. The van der Waals surface area contributed by atoms with Gasteiger partial charge in [-0.05, 0) is 26.7 Å². The molecule has 6 heteroatoms. The van der Waals surface area contributed by atoms with Crippen LogP contribution in [-0.4, -0.2) is 54.0 Å². The number of nitrogens with zero attached hydrogens (tertiary/aromatic N) is 1. The van der Waals surface area contributed by atoms with Crippen LogP contribution in [0.2, 0.25) is 0 Å². The van der Waals surface area contributed by atoms with Crippen molar-refractivity contribution in [3.05, 3.63) is 0 Å². The Morgan fingerprint density at radius 1 is 1.35 bits per heavy atom. The highest BCUT2D eigenvalue weighted by molar-refractivity contribution is 4.86. The summed E-state index contributed by atoms with van der Waals surface area (Å²) in [6.07, 6.45) is -2.08. The molecule has 0 saturated heterocycles. The van der Waals surface area contributed by atoms with Crippen LogP contribution in [0, 0.1) is 0 Å². The Kier molecular flexibility index (Phi) is 5.22. The zero-order chi connectivity index (χ0) is 13.1. The van der Waals surface area contributed by atoms with E-state index >= 15 is 0 Å². The Morgan fingerprint density at radius 2 is 1.94 bits per heavy atom. The second kappa shape index (κ2) is 6.02. The van der Waals surface area contributed by atoms with Gasteiger partial charge in [-0.2, -0.15) is 13.2 Å². The predicted octanol–water partition coefficient (Wildman–Crippen LogP) is 1.37. The van der Waals surface area contributed by atoms with Crippen LogP contribution in [0.15, 0.2) is 0 Å². The van der Waals surface area contributed by atoms with E-state index in [1.807, 2.05) is 0 Å². The third kappa shape index (κ3) is 6.24. The van der Waals surface area contributed by atoms with Crippen LogP contribution in [0.1, 0.15) is 26.7 Å². The van der Waals surface area contributed by atoms with Crippen LogP contribution < -0.4 is 5.32 Å². The molecule has 0 aromatic carbocycles. The van der Waals surface area contributed by atoms with Gasteiger partial charge in [-0.3, -0.25) is 4.90 Å². The summed E-state index contributed by atoms with van der Waals surface area (Å²) in [5.74, 6) is 0. The van der Waals surface area contributed by atoms with Crippen molar-refractivity contribution in [2.24, 2.45) is 0 Å². The Labute approximate surface area is 100.0 Å². The molecule has 0 amide bonds. The smallest absolute Gasteiger partial charge is 0.395 e. The van der Waals surface area contributed by atoms with E-state index in [1.165, 1.54) is 4.90 Å². The fraction of sp³-hybridized carbons (Fsp3) is 1.00. The van der Waals surface area contributed by atoms with Gasteiger partial charge in [-0.25, -0.2) is 0 Å². The molecular weight excluding hydrogens is 233 g/mol. The maximum atomic E-state index is 12.4. The van der Waals surface area contributed by atoms with Gasteiger partial charge in [0.1, 0.15) is 0 Å². The average Bonchev–Trinajstić information content (AvgIpc) is 2.97. The third-order valence-electron chi connectivity index (χ3n) is 2.84. The summed E-state index contributed by atoms with van der Waals surface area (Å²) in [7, 11) is 0. The van der Waals surface area contributed by atoms with Gasteiger partial charge in [0.15, 0.2) is 0 Å². The van der Waals surface area contributed by atoms with E-state index in [9.17, 15) is 13.2 Å². The van der Waals surface area contributed by atoms with Crippen molar-refractivity contribution in [2.45, 2.75) is 51.0 Å². The number of aliphatic hydroxyl groups is 1. The quantitative estimate of drug-likeness (QED) is 0.720. The lowest BCUT2D eigenvalue weighted by molar-refractivity contribution is -0.150. The molecular formula is C11H21F3N2O. The first-order valence-corrected chi connectivity index (χ1v) is 5.99. The van der Waals surface area contributed by atoms with E-state index in [-0.39, 0.29) is 25.2 Å². The van der Waals surface area contributed by atoms with Gasteiger partial charge >= 0.3 is 6.18 Å². The zero-order valence-electron chi connectivity index (χ0n) is 10.3. The molecule has 1 fully saturated rings. The first kappa shape index (κ1) is 14.7. The van der Waals surface area contributed by atoms with Gasteiger partial charge in [-0.15, -0.1) is 0 Å². The predicted molar refractivity (Wildman–Crippen MR) is 59.8 cm³/mol. The lowest BCUT2D eigenvalue weighted by atomic mass is 10.2. The van der Waals surface area contributed by atoms with E-state index in [0.29, 0.717) is 6.04 Å². The molecule has 0 aliphatic heterocycles. The Morgan fingerprint density at radius 3 is 2.29 bits per heavy atom. The van der Waals surface area contributed by atoms with E-state index in [4.69, 9.17) is 5.11 Å². The van der Waals surface area contributed by atoms with E-state index < -0.39 is 12.7 Å². The lowest BCUT2D eigenvalue weighted by Crippen LogP contribution is -2.49. The molecule has 1 aliphatic rings. The number of alkyl halides is 3. The van der Waals surface area contributed by atoms with Crippen LogP contribution in [-0.2, 0) is 0 Å². The molecule has 1 aliphatic carbocycles. The zero-order valence-corrected chi connectivity index (χ0v) is 10.3. The molecule has 1 unspecified atom stereocenters. The van der Waals surface area contributed by atoms with Crippen molar-refractivity contribution in [3.8, 4) is 0 Å². The lowest BCUT2D eigenvalue weighted by Gasteiger charge is -2.31. The number of aliphatic hydroxyl groups excluding tert-OH is 1. The summed E-state index contributed by atoms with van der Waals surface area (Å²) in [5, 5.41) is 12.3. The topological polar surface area (TPSA) is 35.5 Å². The summed E-state index contributed by atoms with van der Waals surface area (Å²) in [6.45, 7) is 2.64. The molecule has 0 bridgehead atoms. The standard InChI is InChI=1S/C11H21F3N2O/c1-8(2)16(7-11(12,13)14)5-10(6-17)15-9-3-4-9/h8-10,15,17H,3-7H2,1-2H3. The van der Waals surface area contributed by atoms with Crippen LogP contribution in [0.4, 0.5) is 13.2 Å². The molecule has 0 radical (unpaired) electrons. The van der Waals surface area contributed by atoms with Gasteiger partial charge in [0.05, 0.1) is 13.2 Å². The van der Waals surface area contributed by atoms with Crippen molar-refractivity contribution < 1.29 is 18.3 Å². The highest BCUT2D eigenvalue weighted by atomic mass is 19.4. The minimum Gasteiger partial charge on any atom is -0.395 e. The highest BCUT2D eigenvalue weighted by Crippen LogP contribution is 2.21. The highest BCUT2D eigenvalue weighted by Gasteiger charge is 2.33.